The first kappa shape index (κ1) is 18.3. The predicted molar refractivity (Wildman–Crippen MR) is 100 cm³/mol. The highest BCUT2D eigenvalue weighted by Crippen LogP contribution is 2.26. The number of rotatable bonds is 5. The van der Waals surface area contributed by atoms with Crippen molar-refractivity contribution in [3.05, 3.63) is 70.2 Å². The summed E-state index contributed by atoms with van der Waals surface area (Å²) in [6.07, 6.45) is -1.40. The number of carbonyl (C=O) groups is 2. The number of alkyl carbamates (subject to hydrolysis) is 1. The van der Waals surface area contributed by atoms with Gasteiger partial charge in [-0.05, 0) is 34.7 Å². The van der Waals surface area contributed by atoms with Crippen LogP contribution in [0.2, 0.25) is 5.02 Å². The maximum atomic E-state index is 12.6. The SMILES string of the molecule is CC(C)c1cccc([C@H](NC(=O)[C@@H]2CNC(=O)O2)c2ccc(Cl)cc2)c1. The van der Waals surface area contributed by atoms with E-state index in [4.69, 9.17) is 16.3 Å². The zero-order valence-electron chi connectivity index (χ0n) is 14.7. The number of benzene rings is 2. The van der Waals surface area contributed by atoms with E-state index in [1.807, 2.05) is 24.3 Å². The fourth-order valence-corrected chi connectivity index (χ4v) is 3.01. The van der Waals surface area contributed by atoms with E-state index in [1.54, 1.807) is 12.1 Å². The third kappa shape index (κ3) is 4.17. The molecule has 0 spiro atoms. The minimum atomic E-state index is -0.828. The Morgan fingerprint density at radius 3 is 2.46 bits per heavy atom. The number of halogens is 1. The van der Waals surface area contributed by atoms with Crippen LogP contribution in [0.15, 0.2) is 48.5 Å². The Bertz CT molecular complexity index is 805. The van der Waals surface area contributed by atoms with Gasteiger partial charge in [-0.1, -0.05) is 61.8 Å². The van der Waals surface area contributed by atoms with Gasteiger partial charge in [0, 0.05) is 5.02 Å². The lowest BCUT2D eigenvalue weighted by molar-refractivity contribution is -0.128. The normalized spacial score (nSPS) is 17.5. The molecule has 2 atom stereocenters. The maximum absolute atomic E-state index is 12.6. The molecule has 2 aromatic carbocycles. The van der Waals surface area contributed by atoms with Crippen molar-refractivity contribution in [2.75, 3.05) is 6.54 Å². The zero-order valence-corrected chi connectivity index (χ0v) is 15.4. The summed E-state index contributed by atoms with van der Waals surface area (Å²) in [5.74, 6) is 0.0368. The Hall–Kier alpha value is -2.53. The van der Waals surface area contributed by atoms with Gasteiger partial charge in [0.2, 0.25) is 0 Å². The quantitative estimate of drug-likeness (QED) is 0.839. The summed E-state index contributed by atoms with van der Waals surface area (Å²) in [7, 11) is 0. The summed E-state index contributed by atoms with van der Waals surface area (Å²) in [5.41, 5.74) is 3.05. The van der Waals surface area contributed by atoms with E-state index in [2.05, 4.69) is 36.6 Å². The largest absolute Gasteiger partial charge is 0.434 e. The number of nitrogens with one attached hydrogen (secondary N) is 2. The lowest BCUT2D eigenvalue weighted by Gasteiger charge is -2.22. The molecule has 0 unspecified atom stereocenters. The van der Waals surface area contributed by atoms with Gasteiger partial charge < -0.3 is 15.4 Å². The minimum absolute atomic E-state index is 0.171. The molecule has 2 N–H and O–H groups in total. The van der Waals surface area contributed by atoms with E-state index in [0.29, 0.717) is 10.9 Å². The Morgan fingerprint density at radius 2 is 1.85 bits per heavy atom. The third-order valence-electron chi connectivity index (χ3n) is 4.37. The standard InChI is InChI=1S/C20H21ClN2O3/c1-12(2)14-4-3-5-15(10-14)18(13-6-8-16(21)9-7-13)23-19(24)17-11-22-20(25)26-17/h3-10,12,17-18H,11H2,1-2H3,(H,22,25)(H,23,24)/t17-,18+/m0/s1. The van der Waals surface area contributed by atoms with E-state index < -0.39 is 12.2 Å². The van der Waals surface area contributed by atoms with Gasteiger partial charge in [-0.2, -0.15) is 0 Å². The second kappa shape index (κ2) is 7.79. The summed E-state index contributed by atoms with van der Waals surface area (Å²) in [4.78, 5) is 23.8. The van der Waals surface area contributed by atoms with E-state index in [9.17, 15) is 9.59 Å². The zero-order chi connectivity index (χ0) is 18.7. The van der Waals surface area contributed by atoms with Crippen molar-refractivity contribution >= 4 is 23.6 Å². The molecule has 136 valence electrons. The van der Waals surface area contributed by atoms with Gasteiger partial charge in [-0.15, -0.1) is 0 Å². The van der Waals surface area contributed by atoms with Gasteiger partial charge in [0.1, 0.15) is 0 Å². The summed E-state index contributed by atoms with van der Waals surface area (Å²) in [5, 5.41) is 6.12. The van der Waals surface area contributed by atoms with Gasteiger partial charge in [0.05, 0.1) is 12.6 Å². The Kier molecular flexibility index (Phi) is 5.47. The van der Waals surface area contributed by atoms with E-state index in [-0.39, 0.29) is 18.5 Å². The van der Waals surface area contributed by atoms with Crippen LogP contribution in [0.4, 0.5) is 4.79 Å². The van der Waals surface area contributed by atoms with Crippen LogP contribution in [-0.4, -0.2) is 24.6 Å². The smallest absolute Gasteiger partial charge is 0.408 e. The second-order valence-corrected chi connectivity index (χ2v) is 7.03. The van der Waals surface area contributed by atoms with Crippen molar-refractivity contribution < 1.29 is 14.3 Å². The van der Waals surface area contributed by atoms with Gasteiger partial charge in [-0.3, -0.25) is 4.79 Å². The number of cyclic esters (lactones) is 1. The molecule has 3 rings (SSSR count). The predicted octanol–water partition coefficient (Wildman–Crippen LogP) is 3.78. The molecule has 2 amide bonds. The average molecular weight is 373 g/mol. The molecule has 1 aliphatic rings. The van der Waals surface area contributed by atoms with Crippen LogP contribution < -0.4 is 10.6 Å². The van der Waals surface area contributed by atoms with E-state index in [1.165, 1.54) is 5.56 Å². The Balaban J connectivity index is 1.91. The van der Waals surface area contributed by atoms with Gasteiger partial charge in [-0.25, -0.2) is 4.79 Å². The van der Waals surface area contributed by atoms with Crippen LogP contribution in [0, 0.1) is 0 Å². The van der Waals surface area contributed by atoms with Crippen molar-refractivity contribution in [1.29, 1.82) is 0 Å². The summed E-state index contributed by atoms with van der Waals surface area (Å²) >= 11 is 6.00. The van der Waals surface area contributed by atoms with Gasteiger partial charge in [0.25, 0.3) is 5.91 Å². The number of ether oxygens (including phenoxy) is 1. The molecule has 0 radical (unpaired) electrons. The van der Waals surface area contributed by atoms with Crippen LogP contribution in [0.1, 0.15) is 42.5 Å². The first-order valence-corrected chi connectivity index (χ1v) is 8.92. The maximum Gasteiger partial charge on any atom is 0.408 e. The summed E-state index contributed by atoms with van der Waals surface area (Å²) in [6.45, 7) is 4.42. The highest BCUT2D eigenvalue weighted by atomic mass is 35.5. The van der Waals surface area contributed by atoms with Crippen molar-refractivity contribution in [3.63, 3.8) is 0 Å². The minimum Gasteiger partial charge on any atom is -0.434 e. The molecule has 0 aliphatic carbocycles. The van der Waals surface area contributed by atoms with Crippen molar-refractivity contribution in [1.82, 2.24) is 10.6 Å². The molecule has 2 aromatic rings. The number of carbonyl (C=O) groups excluding carboxylic acids is 2. The van der Waals surface area contributed by atoms with E-state index >= 15 is 0 Å². The fraction of sp³-hybridized carbons (Fsp3) is 0.300. The summed E-state index contributed by atoms with van der Waals surface area (Å²) in [6, 6.07) is 15.1. The van der Waals surface area contributed by atoms with Gasteiger partial charge in [0.15, 0.2) is 6.10 Å². The molecule has 1 aliphatic heterocycles. The van der Waals surface area contributed by atoms with Gasteiger partial charge >= 0.3 is 6.09 Å². The number of amides is 2. The number of hydrogen-bond donors (Lipinski definition) is 2. The van der Waals surface area contributed by atoms with Crippen LogP contribution in [0.3, 0.4) is 0 Å². The molecule has 0 aromatic heterocycles. The van der Waals surface area contributed by atoms with Crippen LogP contribution >= 0.6 is 11.6 Å². The van der Waals surface area contributed by atoms with Crippen molar-refractivity contribution in [2.24, 2.45) is 0 Å². The second-order valence-electron chi connectivity index (χ2n) is 6.59. The van der Waals surface area contributed by atoms with Crippen LogP contribution in [0.5, 0.6) is 0 Å². The van der Waals surface area contributed by atoms with Crippen molar-refractivity contribution in [3.8, 4) is 0 Å². The molecule has 5 nitrogen and oxygen atoms in total. The molecular weight excluding hydrogens is 352 g/mol. The lowest BCUT2D eigenvalue weighted by atomic mass is 9.94. The van der Waals surface area contributed by atoms with Crippen molar-refractivity contribution in [2.45, 2.75) is 31.9 Å². The molecule has 6 heteroatoms. The molecule has 1 heterocycles. The van der Waals surface area contributed by atoms with E-state index in [0.717, 1.165) is 11.1 Å². The Labute approximate surface area is 157 Å². The van der Waals surface area contributed by atoms with Crippen LogP contribution in [0.25, 0.3) is 0 Å². The summed E-state index contributed by atoms with van der Waals surface area (Å²) < 4.78 is 4.99. The Morgan fingerprint density at radius 1 is 1.15 bits per heavy atom. The van der Waals surface area contributed by atoms with Crippen LogP contribution in [-0.2, 0) is 9.53 Å². The molecule has 0 saturated carbocycles. The number of hydrogen-bond acceptors (Lipinski definition) is 3. The molecule has 26 heavy (non-hydrogen) atoms. The topological polar surface area (TPSA) is 67.4 Å². The first-order chi connectivity index (χ1) is 12.4. The molecule has 1 fully saturated rings. The fourth-order valence-electron chi connectivity index (χ4n) is 2.88. The lowest BCUT2D eigenvalue weighted by Crippen LogP contribution is -2.39. The third-order valence-corrected chi connectivity index (χ3v) is 4.63. The molecule has 0 bridgehead atoms. The first-order valence-electron chi connectivity index (χ1n) is 8.54. The molecule has 1 saturated heterocycles. The average Bonchev–Trinajstić information content (AvgIpc) is 3.07. The highest BCUT2D eigenvalue weighted by molar-refractivity contribution is 6.30. The highest BCUT2D eigenvalue weighted by Gasteiger charge is 2.31. The monoisotopic (exact) mass is 372 g/mol. The molecular formula is C20H21ClN2O3.